The fourth-order valence-corrected chi connectivity index (χ4v) is 6.06. The van der Waals surface area contributed by atoms with Crippen molar-refractivity contribution in [2.75, 3.05) is 23.9 Å². The monoisotopic (exact) mass is 491 g/mol. The maximum absolute atomic E-state index is 13.6. The van der Waals surface area contributed by atoms with Gasteiger partial charge in [0.25, 0.3) is 10.0 Å². The molecule has 0 spiro atoms. The van der Waals surface area contributed by atoms with E-state index in [1.807, 2.05) is 44.2 Å². The van der Waals surface area contributed by atoms with Gasteiger partial charge >= 0.3 is 0 Å². The number of rotatable bonds is 9. The molecule has 0 aliphatic carbocycles. The summed E-state index contributed by atoms with van der Waals surface area (Å²) in [6.45, 7) is 6.95. The smallest absolute Gasteiger partial charge is 0.264 e. The lowest BCUT2D eigenvalue weighted by molar-refractivity contribution is -0.119. The molecule has 1 heterocycles. The van der Waals surface area contributed by atoms with Gasteiger partial charge in [0.1, 0.15) is 6.54 Å². The van der Waals surface area contributed by atoms with Gasteiger partial charge in [-0.15, -0.1) is 0 Å². The van der Waals surface area contributed by atoms with Crippen LogP contribution in [-0.4, -0.2) is 38.9 Å². The number of nitrogens with one attached hydrogen (secondary N) is 1. The number of nitrogens with zero attached hydrogens (tertiary/aromatic N) is 2. The molecule has 6 nitrogen and oxygen atoms in total. The molecule has 7 heteroatoms. The molecular weight excluding hydrogens is 458 g/mol. The summed E-state index contributed by atoms with van der Waals surface area (Å²) in [5.74, 6) is -0.347. The number of carbonyl (C=O) groups excluding carboxylic acids is 1. The molecule has 3 aromatic carbocycles. The van der Waals surface area contributed by atoms with Crippen molar-refractivity contribution in [1.82, 2.24) is 10.2 Å². The van der Waals surface area contributed by atoms with E-state index in [2.05, 4.69) is 16.3 Å². The van der Waals surface area contributed by atoms with Crippen LogP contribution in [0.5, 0.6) is 0 Å². The van der Waals surface area contributed by atoms with Crippen molar-refractivity contribution in [3.63, 3.8) is 0 Å². The Morgan fingerprint density at radius 2 is 1.57 bits per heavy atom. The lowest BCUT2D eigenvalue weighted by Gasteiger charge is -2.26. The summed E-state index contributed by atoms with van der Waals surface area (Å²) in [5.41, 5.74) is 4.58. The van der Waals surface area contributed by atoms with E-state index in [1.54, 1.807) is 36.4 Å². The third-order valence-corrected chi connectivity index (χ3v) is 8.20. The molecule has 184 valence electrons. The maximum Gasteiger partial charge on any atom is 0.264 e. The van der Waals surface area contributed by atoms with Gasteiger partial charge in [-0.2, -0.15) is 0 Å². The molecule has 1 amide bonds. The van der Waals surface area contributed by atoms with Gasteiger partial charge in [-0.05, 0) is 74.7 Å². The average Bonchev–Trinajstić information content (AvgIpc) is 3.36. The minimum Gasteiger partial charge on any atom is -0.350 e. The predicted molar refractivity (Wildman–Crippen MR) is 140 cm³/mol. The molecule has 4 rings (SSSR count). The van der Waals surface area contributed by atoms with E-state index in [4.69, 9.17) is 0 Å². The van der Waals surface area contributed by atoms with E-state index >= 15 is 0 Å². The van der Waals surface area contributed by atoms with Gasteiger partial charge in [0.05, 0.1) is 10.6 Å². The molecule has 1 fully saturated rings. The first-order valence-corrected chi connectivity index (χ1v) is 13.5. The van der Waals surface area contributed by atoms with E-state index in [0.29, 0.717) is 12.2 Å². The Bertz CT molecular complexity index is 1270. The van der Waals surface area contributed by atoms with Crippen molar-refractivity contribution in [3.8, 4) is 0 Å². The average molecular weight is 492 g/mol. The first kappa shape index (κ1) is 24.9. The fourth-order valence-electron chi connectivity index (χ4n) is 4.55. The zero-order valence-electron chi connectivity index (χ0n) is 20.4. The van der Waals surface area contributed by atoms with Crippen molar-refractivity contribution < 1.29 is 13.2 Å². The Kier molecular flexibility index (Phi) is 7.88. The molecule has 0 aromatic heterocycles. The summed E-state index contributed by atoms with van der Waals surface area (Å²) < 4.78 is 28.3. The number of anilines is 1. The number of amides is 1. The number of sulfonamides is 1. The Balaban J connectivity index is 1.53. The van der Waals surface area contributed by atoms with Gasteiger partial charge in [0.15, 0.2) is 0 Å². The summed E-state index contributed by atoms with van der Waals surface area (Å²) in [7, 11) is -3.93. The molecule has 1 aliphatic rings. The largest absolute Gasteiger partial charge is 0.350 e. The highest BCUT2D eigenvalue weighted by molar-refractivity contribution is 7.92. The highest BCUT2D eigenvalue weighted by Gasteiger charge is 2.28. The van der Waals surface area contributed by atoms with Gasteiger partial charge in [-0.25, -0.2) is 8.42 Å². The Labute approximate surface area is 208 Å². The van der Waals surface area contributed by atoms with Crippen LogP contribution in [0, 0.1) is 13.8 Å². The van der Waals surface area contributed by atoms with Crippen LogP contribution in [0.1, 0.15) is 35.1 Å². The molecule has 0 bridgehead atoms. The second-order valence-electron chi connectivity index (χ2n) is 9.14. The topological polar surface area (TPSA) is 69.7 Å². The van der Waals surface area contributed by atoms with Crippen molar-refractivity contribution >= 4 is 21.6 Å². The van der Waals surface area contributed by atoms with Crippen LogP contribution in [0.4, 0.5) is 5.69 Å². The number of hydrogen-bond acceptors (Lipinski definition) is 4. The number of likely N-dealkylation sites (tertiary alicyclic amines) is 1. The quantitative estimate of drug-likeness (QED) is 0.481. The summed E-state index contributed by atoms with van der Waals surface area (Å²) in [4.78, 5) is 15.7. The molecule has 0 saturated carbocycles. The standard InChI is InChI=1S/C28H33N3O3S/c1-22-14-15-27(23(2)18-22)31(35(33,34)26-12-4-3-5-13-26)21-28(32)29-19-24-10-6-7-11-25(24)20-30-16-8-9-17-30/h3-7,10-15,18H,8-9,16-17,19-21H2,1-2H3,(H,29,32). The Morgan fingerprint density at radius 1 is 0.914 bits per heavy atom. The maximum atomic E-state index is 13.6. The minimum absolute atomic E-state index is 0.156. The second kappa shape index (κ2) is 11.1. The third kappa shape index (κ3) is 6.10. The number of carbonyl (C=O) groups is 1. The van der Waals surface area contributed by atoms with Gasteiger partial charge in [0, 0.05) is 13.1 Å². The van der Waals surface area contributed by atoms with Crippen molar-refractivity contribution in [2.24, 2.45) is 0 Å². The molecule has 3 aromatic rings. The molecular formula is C28H33N3O3S. The van der Waals surface area contributed by atoms with Gasteiger partial charge in [-0.1, -0.05) is 60.2 Å². The van der Waals surface area contributed by atoms with Crippen LogP contribution < -0.4 is 9.62 Å². The normalized spacial score (nSPS) is 14.1. The molecule has 1 N–H and O–H groups in total. The zero-order valence-corrected chi connectivity index (χ0v) is 21.2. The fraction of sp³-hybridized carbons (Fsp3) is 0.321. The van der Waals surface area contributed by atoms with Crippen LogP contribution in [0.3, 0.4) is 0 Å². The van der Waals surface area contributed by atoms with Gasteiger partial charge in [-0.3, -0.25) is 14.0 Å². The van der Waals surface area contributed by atoms with Crippen LogP contribution in [0.2, 0.25) is 0 Å². The van der Waals surface area contributed by atoms with E-state index in [1.165, 1.54) is 22.7 Å². The molecule has 1 saturated heterocycles. The highest BCUT2D eigenvalue weighted by atomic mass is 32.2. The van der Waals surface area contributed by atoms with Crippen molar-refractivity contribution in [2.45, 2.75) is 44.7 Å². The van der Waals surface area contributed by atoms with E-state index < -0.39 is 10.0 Å². The molecule has 1 aliphatic heterocycles. The third-order valence-electron chi connectivity index (χ3n) is 6.43. The van der Waals surface area contributed by atoms with Crippen LogP contribution in [0.15, 0.2) is 77.7 Å². The van der Waals surface area contributed by atoms with Crippen LogP contribution in [0.25, 0.3) is 0 Å². The number of hydrogen-bond donors (Lipinski definition) is 1. The predicted octanol–water partition coefficient (Wildman–Crippen LogP) is 4.41. The molecule has 0 atom stereocenters. The number of benzene rings is 3. The van der Waals surface area contributed by atoms with Crippen molar-refractivity contribution in [3.05, 3.63) is 95.1 Å². The SMILES string of the molecule is Cc1ccc(N(CC(=O)NCc2ccccc2CN2CCCC2)S(=O)(=O)c2ccccc2)c(C)c1. The summed E-state index contributed by atoms with van der Waals surface area (Å²) >= 11 is 0. The number of aryl methyl sites for hydroxylation is 2. The first-order valence-electron chi connectivity index (χ1n) is 12.1. The van der Waals surface area contributed by atoms with E-state index in [9.17, 15) is 13.2 Å². The minimum atomic E-state index is -3.93. The van der Waals surface area contributed by atoms with Gasteiger partial charge < -0.3 is 5.32 Å². The van der Waals surface area contributed by atoms with Crippen LogP contribution >= 0.6 is 0 Å². The highest BCUT2D eigenvalue weighted by Crippen LogP contribution is 2.27. The Morgan fingerprint density at radius 3 is 2.26 bits per heavy atom. The van der Waals surface area contributed by atoms with E-state index in [0.717, 1.165) is 36.3 Å². The molecule has 0 radical (unpaired) electrons. The lowest BCUT2D eigenvalue weighted by atomic mass is 10.1. The van der Waals surface area contributed by atoms with Gasteiger partial charge in [0.2, 0.25) is 5.91 Å². The summed E-state index contributed by atoms with van der Waals surface area (Å²) in [6, 6.07) is 21.9. The molecule has 35 heavy (non-hydrogen) atoms. The van der Waals surface area contributed by atoms with Crippen molar-refractivity contribution in [1.29, 1.82) is 0 Å². The zero-order chi connectivity index (χ0) is 24.8. The van der Waals surface area contributed by atoms with E-state index in [-0.39, 0.29) is 17.3 Å². The summed E-state index contributed by atoms with van der Waals surface area (Å²) in [5, 5.41) is 2.96. The second-order valence-corrected chi connectivity index (χ2v) is 11.0. The Hall–Kier alpha value is -3.16. The lowest BCUT2D eigenvalue weighted by Crippen LogP contribution is -2.41. The summed E-state index contributed by atoms with van der Waals surface area (Å²) in [6.07, 6.45) is 2.45. The molecule has 0 unspecified atom stereocenters. The first-order chi connectivity index (χ1) is 16.8. The van der Waals surface area contributed by atoms with Crippen LogP contribution in [-0.2, 0) is 27.9 Å².